The van der Waals surface area contributed by atoms with Gasteiger partial charge in [0, 0.05) is 17.4 Å². The third-order valence-corrected chi connectivity index (χ3v) is 5.34. The Hall–Kier alpha value is -3.39. The van der Waals surface area contributed by atoms with Crippen molar-refractivity contribution in [2.24, 2.45) is 0 Å². The van der Waals surface area contributed by atoms with Gasteiger partial charge in [0.15, 0.2) is 0 Å². The van der Waals surface area contributed by atoms with E-state index in [1.807, 2.05) is 6.92 Å². The first-order valence-electron chi connectivity index (χ1n) is 8.38. The summed E-state index contributed by atoms with van der Waals surface area (Å²) in [5, 5.41) is 2.67. The highest BCUT2D eigenvalue weighted by Gasteiger charge is 2.22. The monoisotopic (exact) mass is 397 g/mol. The number of nitrogens with one attached hydrogen (secondary N) is 2. The van der Waals surface area contributed by atoms with Gasteiger partial charge in [-0.1, -0.05) is 17.7 Å². The van der Waals surface area contributed by atoms with E-state index in [0.717, 1.165) is 5.56 Å². The quantitative estimate of drug-likeness (QED) is 0.664. The van der Waals surface area contributed by atoms with Crippen molar-refractivity contribution in [1.82, 2.24) is 4.98 Å². The van der Waals surface area contributed by atoms with Crippen LogP contribution in [0.2, 0.25) is 0 Å². The lowest BCUT2D eigenvalue weighted by Gasteiger charge is -2.13. The largest absolute Gasteiger partial charge is 0.495 e. The van der Waals surface area contributed by atoms with Gasteiger partial charge in [0.1, 0.15) is 10.6 Å². The van der Waals surface area contributed by atoms with Gasteiger partial charge in [-0.3, -0.25) is 14.5 Å². The number of nitrogens with zero attached hydrogens (tertiary/aromatic N) is 1. The van der Waals surface area contributed by atoms with Crippen LogP contribution in [0, 0.1) is 6.92 Å². The Bertz CT molecular complexity index is 1080. The lowest BCUT2D eigenvalue weighted by molar-refractivity contribution is 0.102. The van der Waals surface area contributed by atoms with Crippen LogP contribution >= 0.6 is 0 Å². The first-order chi connectivity index (χ1) is 13.4. The second-order valence-corrected chi connectivity index (χ2v) is 7.68. The number of rotatable bonds is 6. The molecule has 0 aliphatic rings. The van der Waals surface area contributed by atoms with Gasteiger partial charge in [0.05, 0.1) is 19.0 Å². The maximum Gasteiger partial charge on any atom is 0.265 e. The molecule has 0 radical (unpaired) electrons. The van der Waals surface area contributed by atoms with Gasteiger partial charge in [-0.2, -0.15) is 0 Å². The summed E-state index contributed by atoms with van der Waals surface area (Å²) in [5.41, 5.74) is 2.10. The predicted molar refractivity (Wildman–Crippen MR) is 107 cm³/mol. The van der Waals surface area contributed by atoms with Crippen LogP contribution in [-0.2, 0) is 10.0 Å². The van der Waals surface area contributed by atoms with E-state index in [-0.39, 0.29) is 16.2 Å². The highest BCUT2D eigenvalue weighted by molar-refractivity contribution is 7.92. The molecule has 2 N–H and O–H groups in total. The number of aromatic nitrogens is 1. The van der Waals surface area contributed by atoms with E-state index in [2.05, 4.69) is 15.0 Å². The summed E-state index contributed by atoms with van der Waals surface area (Å²) < 4.78 is 33.4. The Morgan fingerprint density at radius 3 is 2.43 bits per heavy atom. The Labute approximate surface area is 163 Å². The first-order valence-corrected chi connectivity index (χ1v) is 9.86. The molecule has 0 saturated heterocycles. The molecule has 144 valence electrons. The molecule has 1 heterocycles. The molecule has 0 fully saturated rings. The van der Waals surface area contributed by atoms with Crippen LogP contribution in [0.1, 0.15) is 15.9 Å². The molecule has 3 rings (SSSR count). The van der Waals surface area contributed by atoms with E-state index in [9.17, 15) is 13.2 Å². The average Bonchev–Trinajstić information content (AvgIpc) is 2.70. The molecule has 0 bridgehead atoms. The molecule has 0 spiro atoms. The standard InChI is InChI=1S/C20H19N3O4S/c1-14-5-8-16(9-6-14)23-28(25,26)19-12-15(7-10-18(19)27-2)20(24)22-17-4-3-11-21-13-17/h3-13,23H,1-2H3,(H,22,24). The average molecular weight is 397 g/mol. The SMILES string of the molecule is COc1ccc(C(=O)Nc2cccnc2)cc1S(=O)(=O)Nc1ccc(C)cc1. The molecular weight excluding hydrogens is 378 g/mol. The van der Waals surface area contributed by atoms with Crippen molar-refractivity contribution in [3.63, 3.8) is 0 Å². The zero-order valence-electron chi connectivity index (χ0n) is 15.3. The van der Waals surface area contributed by atoms with Crippen molar-refractivity contribution in [3.05, 3.63) is 78.1 Å². The number of methoxy groups -OCH3 is 1. The Balaban J connectivity index is 1.91. The topological polar surface area (TPSA) is 97.4 Å². The van der Waals surface area contributed by atoms with Crippen LogP contribution in [-0.4, -0.2) is 26.4 Å². The third-order valence-electron chi connectivity index (χ3n) is 3.94. The number of carbonyl (C=O) groups excluding carboxylic acids is 1. The maximum absolute atomic E-state index is 12.9. The fourth-order valence-electron chi connectivity index (χ4n) is 2.50. The normalized spacial score (nSPS) is 10.9. The van der Waals surface area contributed by atoms with Crippen molar-refractivity contribution in [2.45, 2.75) is 11.8 Å². The van der Waals surface area contributed by atoms with Crippen molar-refractivity contribution < 1.29 is 17.9 Å². The lowest BCUT2D eigenvalue weighted by Crippen LogP contribution is -2.17. The fraction of sp³-hybridized carbons (Fsp3) is 0.100. The zero-order valence-corrected chi connectivity index (χ0v) is 16.2. The summed E-state index contributed by atoms with van der Waals surface area (Å²) in [6.07, 6.45) is 3.09. The number of hydrogen-bond acceptors (Lipinski definition) is 5. The lowest BCUT2D eigenvalue weighted by atomic mass is 10.2. The van der Waals surface area contributed by atoms with Crippen LogP contribution in [0.25, 0.3) is 0 Å². The number of amides is 1. The van der Waals surface area contributed by atoms with Crippen molar-refractivity contribution >= 4 is 27.3 Å². The van der Waals surface area contributed by atoms with E-state index < -0.39 is 15.9 Å². The Kier molecular flexibility index (Phi) is 5.60. The van der Waals surface area contributed by atoms with Crippen LogP contribution in [0.4, 0.5) is 11.4 Å². The van der Waals surface area contributed by atoms with Gasteiger partial charge in [-0.05, 0) is 49.4 Å². The highest BCUT2D eigenvalue weighted by atomic mass is 32.2. The van der Waals surface area contributed by atoms with Gasteiger partial charge in [-0.25, -0.2) is 8.42 Å². The van der Waals surface area contributed by atoms with E-state index in [0.29, 0.717) is 11.4 Å². The van der Waals surface area contributed by atoms with E-state index in [1.54, 1.807) is 42.6 Å². The third kappa shape index (κ3) is 4.47. The summed E-state index contributed by atoms with van der Waals surface area (Å²) in [6, 6.07) is 14.5. The molecule has 0 aliphatic heterocycles. The molecule has 2 aromatic carbocycles. The molecule has 7 nitrogen and oxygen atoms in total. The first kappa shape index (κ1) is 19.4. The van der Waals surface area contributed by atoms with Gasteiger partial charge >= 0.3 is 0 Å². The van der Waals surface area contributed by atoms with Gasteiger partial charge < -0.3 is 10.1 Å². The fourth-order valence-corrected chi connectivity index (χ4v) is 3.75. The van der Waals surface area contributed by atoms with Gasteiger partial charge in [0.2, 0.25) is 0 Å². The summed E-state index contributed by atoms with van der Waals surface area (Å²) in [4.78, 5) is 16.3. The molecule has 0 atom stereocenters. The summed E-state index contributed by atoms with van der Waals surface area (Å²) in [5.74, 6) is -0.319. The molecular formula is C20H19N3O4S. The molecule has 28 heavy (non-hydrogen) atoms. The predicted octanol–water partition coefficient (Wildman–Crippen LogP) is 3.45. The second kappa shape index (κ2) is 8.10. The second-order valence-electron chi connectivity index (χ2n) is 6.03. The van der Waals surface area contributed by atoms with Crippen LogP contribution < -0.4 is 14.8 Å². The summed E-state index contributed by atoms with van der Waals surface area (Å²) in [6.45, 7) is 1.91. The van der Waals surface area contributed by atoms with Crippen LogP contribution in [0.5, 0.6) is 5.75 Å². The minimum Gasteiger partial charge on any atom is -0.495 e. The number of carbonyl (C=O) groups is 1. The van der Waals surface area contributed by atoms with E-state index >= 15 is 0 Å². The molecule has 3 aromatic rings. The molecule has 0 aliphatic carbocycles. The molecule has 8 heteroatoms. The number of aryl methyl sites for hydroxylation is 1. The maximum atomic E-state index is 12.9. The molecule has 1 aromatic heterocycles. The molecule has 0 unspecified atom stereocenters. The van der Waals surface area contributed by atoms with E-state index in [1.165, 1.54) is 31.5 Å². The van der Waals surface area contributed by atoms with Crippen LogP contribution in [0.3, 0.4) is 0 Å². The summed E-state index contributed by atoms with van der Waals surface area (Å²) in [7, 11) is -2.59. The van der Waals surface area contributed by atoms with Crippen LogP contribution in [0.15, 0.2) is 71.9 Å². The number of sulfonamides is 1. The Morgan fingerprint density at radius 1 is 1.04 bits per heavy atom. The number of anilines is 2. The smallest absolute Gasteiger partial charge is 0.265 e. The molecule has 0 saturated carbocycles. The number of benzene rings is 2. The van der Waals surface area contributed by atoms with Crippen molar-refractivity contribution in [2.75, 3.05) is 17.1 Å². The van der Waals surface area contributed by atoms with E-state index in [4.69, 9.17) is 4.74 Å². The number of ether oxygens (including phenoxy) is 1. The van der Waals surface area contributed by atoms with Crippen molar-refractivity contribution in [3.8, 4) is 5.75 Å². The number of hydrogen-bond donors (Lipinski definition) is 2. The van der Waals surface area contributed by atoms with Crippen molar-refractivity contribution in [1.29, 1.82) is 0 Å². The Morgan fingerprint density at radius 2 is 1.79 bits per heavy atom. The van der Waals surface area contributed by atoms with Gasteiger partial charge in [-0.15, -0.1) is 0 Å². The highest BCUT2D eigenvalue weighted by Crippen LogP contribution is 2.27. The minimum absolute atomic E-state index is 0.130. The zero-order chi connectivity index (χ0) is 20.1. The van der Waals surface area contributed by atoms with Gasteiger partial charge in [0.25, 0.3) is 15.9 Å². The minimum atomic E-state index is -3.97. The molecule has 1 amide bonds. The summed E-state index contributed by atoms with van der Waals surface area (Å²) >= 11 is 0. The number of pyridine rings is 1.